The zero-order chi connectivity index (χ0) is 20.9. The van der Waals surface area contributed by atoms with Gasteiger partial charge in [-0.25, -0.2) is 9.07 Å². The van der Waals surface area contributed by atoms with Crippen LogP contribution in [0, 0.1) is 5.82 Å². The van der Waals surface area contributed by atoms with E-state index in [0.29, 0.717) is 22.1 Å². The van der Waals surface area contributed by atoms with Crippen molar-refractivity contribution in [2.24, 2.45) is 0 Å². The fourth-order valence-corrected chi connectivity index (χ4v) is 3.01. The summed E-state index contributed by atoms with van der Waals surface area (Å²) < 4.78 is 20.6. The third kappa shape index (κ3) is 4.50. The molecule has 0 aliphatic carbocycles. The van der Waals surface area contributed by atoms with Gasteiger partial charge in [-0.05, 0) is 42.0 Å². The molecule has 1 heterocycles. The highest BCUT2D eigenvalue weighted by Crippen LogP contribution is 2.25. The fourth-order valence-electron chi connectivity index (χ4n) is 2.83. The second-order valence-corrected chi connectivity index (χ2v) is 6.88. The lowest BCUT2D eigenvalue weighted by atomic mass is 10.2. The number of carbonyl (C=O) groups is 1. The molecule has 1 amide bonds. The predicted octanol–water partition coefficient (Wildman–Crippen LogP) is 5.50. The zero-order valence-electron chi connectivity index (χ0n) is 15.8. The summed E-state index contributed by atoms with van der Waals surface area (Å²) in [6.45, 7) is 0.266. The number of hydrogen-bond donors (Lipinski definition) is 1. The van der Waals surface area contributed by atoms with E-state index < -0.39 is 5.91 Å². The van der Waals surface area contributed by atoms with E-state index in [1.807, 2.05) is 30.3 Å². The third-order valence-corrected chi connectivity index (χ3v) is 4.68. The molecule has 0 unspecified atom stereocenters. The van der Waals surface area contributed by atoms with Crippen molar-refractivity contribution in [3.05, 3.63) is 107 Å². The molecule has 3 aromatic carbocycles. The average Bonchev–Trinajstić information content (AvgIpc) is 3.19. The Balaban J connectivity index is 1.64. The Hall–Kier alpha value is -3.64. The maximum absolute atomic E-state index is 13.3. The molecule has 0 saturated heterocycles. The van der Waals surface area contributed by atoms with Gasteiger partial charge in [0, 0.05) is 0 Å². The van der Waals surface area contributed by atoms with Gasteiger partial charge in [0.25, 0.3) is 5.91 Å². The average molecular weight is 422 g/mol. The van der Waals surface area contributed by atoms with Gasteiger partial charge < -0.3 is 10.1 Å². The minimum atomic E-state index is -0.466. The lowest BCUT2D eigenvalue weighted by molar-refractivity contribution is 0.101. The minimum Gasteiger partial charge on any atom is -0.485 e. The van der Waals surface area contributed by atoms with Crippen molar-refractivity contribution < 1.29 is 13.9 Å². The summed E-state index contributed by atoms with van der Waals surface area (Å²) in [6.07, 6.45) is 1.59. The molecule has 1 N–H and O–H groups in total. The summed E-state index contributed by atoms with van der Waals surface area (Å²) >= 11 is 6.15. The van der Waals surface area contributed by atoms with Gasteiger partial charge in [-0.2, -0.15) is 5.10 Å². The minimum absolute atomic E-state index is 0.0928. The monoisotopic (exact) mass is 421 g/mol. The molecular weight excluding hydrogens is 405 g/mol. The van der Waals surface area contributed by atoms with Gasteiger partial charge in [0.2, 0.25) is 0 Å². The van der Waals surface area contributed by atoms with Crippen LogP contribution in [0.2, 0.25) is 5.02 Å². The van der Waals surface area contributed by atoms with Crippen molar-refractivity contribution in [2.45, 2.75) is 6.61 Å². The normalized spacial score (nSPS) is 10.6. The first-order valence-corrected chi connectivity index (χ1v) is 9.56. The second-order valence-electron chi connectivity index (χ2n) is 6.47. The number of anilines is 1. The van der Waals surface area contributed by atoms with Crippen molar-refractivity contribution in [1.82, 2.24) is 9.78 Å². The van der Waals surface area contributed by atoms with Crippen LogP contribution in [0.1, 0.15) is 16.1 Å². The van der Waals surface area contributed by atoms with Crippen molar-refractivity contribution in [3.63, 3.8) is 0 Å². The molecule has 0 spiro atoms. The SMILES string of the molecule is O=C(Nc1ccccc1Cl)c1nn(-c2ccc(F)cc2)cc1OCc1ccccc1. The van der Waals surface area contributed by atoms with Gasteiger partial charge >= 0.3 is 0 Å². The first-order valence-electron chi connectivity index (χ1n) is 9.18. The van der Waals surface area contributed by atoms with E-state index in [1.54, 1.807) is 42.6 Å². The highest BCUT2D eigenvalue weighted by molar-refractivity contribution is 6.33. The molecule has 0 atom stereocenters. The van der Waals surface area contributed by atoms with E-state index in [9.17, 15) is 9.18 Å². The van der Waals surface area contributed by atoms with E-state index in [0.717, 1.165) is 5.56 Å². The molecule has 0 aliphatic heterocycles. The molecule has 7 heteroatoms. The number of rotatable bonds is 6. The van der Waals surface area contributed by atoms with Crippen LogP contribution < -0.4 is 10.1 Å². The number of benzene rings is 3. The Morgan fingerprint density at radius 2 is 1.70 bits per heavy atom. The number of para-hydroxylation sites is 1. The maximum Gasteiger partial charge on any atom is 0.280 e. The van der Waals surface area contributed by atoms with E-state index in [4.69, 9.17) is 16.3 Å². The molecule has 30 heavy (non-hydrogen) atoms. The standard InChI is InChI=1S/C23H17ClFN3O2/c24-19-8-4-5-9-20(19)26-23(29)22-21(30-15-16-6-2-1-3-7-16)14-28(27-22)18-12-10-17(25)11-13-18/h1-14H,15H2,(H,26,29). The number of aromatic nitrogens is 2. The Kier molecular flexibility index (Phi) is 5.77. The molecule has 4 rings (SSSR count). The first-order chi connectivity index (χ1) is 14.6. The molecule has 0 saturated carbocycles. The summed E-state index contributed by atoms with van der Waals surface area (Å²) in [5.74, 6) is -0.525. The topological polar surface area (TPSA) is 56.2 Å². The molecule has 0 bridgehead atoms. The van der Waals surface area contributed by atoms with Crippen molar-refractivity contribution >= 4 is 23.2 Å². The number of nitrogens with one attached hydrogen (secondary N) is 1. The summed E-state index contributed by atoms with van der Waals surface area (Å²) in [6, 6.07) is 22.3. The summed E-state index contributed by atoms with van der Waals surface area (Å²) in [7, 11) is 0. The number of halogens is 2. The van der Waals surface area contributed by atoms with Crippen LogP contribution in [0.25, 0.3) is 5.69 Å². The van der Waals surface area contributed by atoms with Crippen LogP contribution in [-0.4, -0.2) is 15.7 Å². The van der Waals surface area contributed by atoms with Gasteiger partial charge in [-0.1, -0.05) is 54.1 Å². The number of carbonyl (C=O) groups excluding carboxylic acids is 1. The third-order valence-electron chi connectivity index (χ3n) is 4.35. The van der Waals surface area contributed by atoms with E-state index in [1.165, 1.54) is 16.8 Å². The Labute approximate surface area is 177 Å². The van der Waals surface area contributed by atoms with Crippen LogP contribution in [-0.2, 0) is 6.61 Å². The molecule has 150 valence electrons. The van der Waals surface area contributed by atoms with Gasteiger partial charge in [-0.15, -0.1) is 0 Å². The Bertz CT molecular complexity index is 1160. The Morgan fingerprint density at radius 1 is 1.00 bits per heavy atom. The van der Waals surface area contributed by atoms with Gasteiger partial charge in [-0.3, -0.25) is 4.79 Å². The van der Waals surface area contributed by atoms with E-state index in [-0.39, 0.29) is 18.1 Å². The fraction of sp³-hybridized carbons (Fsp3) is 0.0435. The van der Waals surface area contributed by atoms with Crippen LogP contribution >= 0.6 is 11.6 Å². The molecule has 0 fully saturated rings. The number of amides is 1. The van der Waals surface area contributed by atoms with Crippen molar-refractivity contribution in [2.75, 3.05) is 5.32 Å². The second kappa shape index (κ2) is 8.80. The van der Waals surface area contributed by atoms with Gasteiger partial charge in [0.05, 0.1) is 22.6 Å². The Morgan fingerprint density at radius 3 is 2.43 bits per heavy atom. The molecule has 0 radical (unpaired) electrons. The quantitative estimate of drug-likeness (QED) is 0.447. The van der Waals surface area contributed by atoms with Crippen LogP contribution in [0.5, 0.6) is 5.75 Å². The van der Waals surface area contributed by atoms with E-state index in [2.05, 4.69) is 10.4 Å². The van der Waals surface area contributed by atoms with Crippen molar-refractivity contribution in [1.29, 1.82) is 0 Å². The van der Waals surface area contributed by atoms with Gasteiger partial charge in [0.1, 0.15) is 12.4 Å². The van der Waals surface area contributed by atoms with Crippen LogP contribution in [0.3, 0.4) is 0 Å². The number of ether oxygens (including phenoxy) is 1. The maximum atomic E-state index is 13.3. The van der Waals surface area contributed by atoms with Crippen LogP contribution in [0.15, 0.2) is 85.1 Å². The van der Waals surface area contributed by atoms with Gasteiger partial charge in [0.15, 0.2) is 11.4 Å². The predicted molar refractivity (Wildman–Crippen MR) is 114 cm³/mol. The highest BCUT2D eigenvalue weighted by atomic mass is 35.5. The molecule has 4 aromatic rings. The zero-order valence-corrected chi connectivity index (χ0v) is 16.5. The molecular formula is C23H17ClFN3O2. The first kappa shape index (κ1) is 19.7. The number of hydrogen-bond acceptors (Lipinski definition) is 3. The lowest BCUT2D eigenvalue weighted by Crippen LogP contribution is -2.14. The molecule has 0 aliphatic rings. The summed E-state index contributed by atoms with van der Waals surface area (Å²) in [5.41, 5.74) is 2.10. The summed E-state index contributed by atoms with van der Waals surface area (Å²) in [4.78, 5) is 12.9. The highest BCUT2D eigenvalue weighted by Gasteiger charge is 2.20. The number of nitrogens with zero attached hydrogens (tertiary/aromatic N) is 2. The van der Waals surface area contributed by atoms with E-state index >= 15 is 0 Å². The lowest BCUT2D eigenvalue weighted by Gasteiger charge is -2.08. The molecule has 5 nitrogen and oxygen atoms in total. The van der Waals surface area contributed by atoms with Crippen LogP contribution in [0.4, 0.5) is 10.1 Å². The largest absolute Gasteiger partial charge is 0.485 e. The summed E-state index contributed by atoms with van der Waals surface area (Å²) in [5, 5.41) is 7.53. The molecule has 1 aromatic heterocycles. The smallest absolute Gasteiger partial charge is 0.280 e. The van der Waals surface area contributed by atoms with Crippen molar-refractivity contribution in [3.8, 4) is 11.4 Å².